The van der Waals surface area contributed by atoms with Gasteiger partial charge in [0.05, 0.1) is 16.7 Å². The number of hydrogen-bond acceptors (Lipinski definition) is 7. The molecule has 10 nitrogen and oxygen atoms in total. The van der Waals surface area contributed by atoms with E-state index in [9.17, 15) is 24.5 Å². The number of nitro groups is 1. The summed E-state index contributed by atoms with van der Waals surface area (Å²) in [5, 5.41) is 17.3. The van der Waals surface area contributed by atoms with Crippen LogP contribution in [-0.4, -0.2) is 28.9 Å². The number of nitro benzene ring substituents is 1. The van der Waals surface area contributed by atoms with Crippen LogP contribution in [0.1, 0.15) is 33.2 Å². The minimum Gasteiger partial charge on any atom is -0.423 e. The van der Waals surface area contributed by atoms with Crippen molar-refractivity contribution in [3.63, 3.8) is 0 Å². The lowest BCUT2D eigenvalue weighted by atomic mass is 10.2. The summed E-state index contributed by atoms with van der Waals surface area (Å²) >= 11 is 0. The van der Waals surface area contributed by atoms with E-state index in [-0.39, 0.29) is 22.9 Å². The van der Waals surface area contributed by atoms with Gasteiger partial charge in [0.1, 0.15) is 5.75 Å². The van der Waals surface area contributed by atoms with Crippen LogP contribution >= 0.6 is 0 Å². The van der Waals surface area contributed by atoms with Crippen LogP contribution in [-0.2, 0) is 4.79 Å². The number of non-ortho nitro benzene ring substituents is 1. The lowest BCUT2D eigenvalue weighted by Gasteiger charge is -2.05. The van der Waals surface area contributed by atoms with Gasteiger partial charge in [0.2, 0.25) is 5.91 Å². The van der Waals surface area contributed by atoms with Gasteiger partial charge in [-0.05, 0) is 60.2 Å². The van der Waals surface area contributed by atoms with Crippen molar-refractivity contribution in [2.24, 2.45) is 5.10 Å². The minimum absolute atomic E-state index is 0.0580. The van der Waals surface area contributed by atoms with Crippen molar-refractivity contribution in [1.29, 1.82) is 0 Å². The first kappa shape index (κ1) is 22.8. The number of carbonyl (C=O) groups is 3. The first-order valence-electron chi connectivity index (χ1n) is 9.59. The van der Waals surface area contributed by atoms with Crippen LogP contribution in [0, 0.1) is 10.1 Å². The molecule has 10 heteroatoms. The van der Waals surface area contributed by atoms with Crippen LogP contribution in [0.2, 0.25) is 0 Å². The molecule has 0 aromatic heterocycles. The summed E-state index contributed by atoms with van der Waals surface area (Å²) in [6.07, 6.45) is 1.41. The molecular formula is C23H18N4O6. The van der Waals surface area contributed by atoms with Gasteiger partial charge in [0, 0.05) is 30.3 Å². The van der Waals surface area contributed by atoms with Gasteiger partial charge in [-0.1, -0.05) is 6.07 Å². The Morgan fingerprint density at radius 2 is 1.67 bits per heavy atom. The number of hydrazone groups is 1. The monoisotopic (exact) mass is 446 g/mol. The van der Waals surface area contributed by atoms with Gasteiger partial charge in [0.15, 0.2) is 0 Å². The highest BCUT2D eigenvalue weighted by atomic mass is 16.6. The number of nitrogens with zero attached hydrogens (tertiary/aromatic N) is 2. The standard InChI is InChI=1S/C23H18N4O6/c1-15(28)25-19-9-7-17(8-10-19)22(29)26-24-14-16-5-11-21(12-6-16)33-23(30)18-3-2-4-20(13-18)27(31)32/h2-14H,1H3,(H,25,28)(H,26,29)/b24-14+. The number of carbonyl (C=O) groups excluding carboxylic acids is 3. The van der Waals surface area contributed by atoms with E-state index in [0.29, 0.717) is 16.8 Å². The molecule has 0 atom stereocenters. The van der Waals surface area contributed by atoms with Gasteiger partial charge < -0.3 is 10.1 Å². The Labute approximate surface area is 188 Å². The van der Waals surface area contributed by atoms with E-state index in [1.165, 1.54) is 43.5 Å². The maximum Gasteiger partial charge on any atom is 0.343 e. The van der Waals surface area contributed by atoms with E-state index in [1.54, 1.807) is 36.4 Å². The minimum atomic E-state index is -0.725. The average molecular weight is 446 g/mol. The molecule has 3 aromatic rings. The summed E-state index contributed by atoms with van der Waals surface area (Å²) in [6.45, 7) is 1.39. The SMILES string of the molecule is CC(=O)Nc1ccc(C(=O)N/N=C/c2ccc(OC(=O)c3cccc([N+](=O)[O-])c3)cc2)cc1. The summed E-state index contributed by atoms with van der Waals surface area (Å²) in [5.41, 5.74) is 3.82. The van der Waals surface area contributed by atoms with E-state index < -0.39 is 16.8 Å². The summed E-state index contributed by atoms with van der Waals surface area (Å²) in [6, 6.07) is 17.9. The number of anilines is 1. The van der Waals surface area contributed by atoms with Gasteiger partial charge >= 0.3 is 5.97 Å². The van der Waals surface area contributed by atoms with Crippen LogP contribution in [0.5, 0.6) is 5.75 Å². The molecule has 0 saturated carbocycles. The second-order valence-electron chi connectivity index (χ2n) is 6.72. The van der Waals surface area contributed by atoms with Crippen LogP contribution in [0.25, 0.3) is 0 Å². The molecule has 2 amide bonds. The third kappa shape index (κ3) is 6.56. The Balaban J connectivity index is 1.55. The fourth-order valence-corrected chi connectivity index (χ4v) is 2.67. The maximum atomic E-state index is 12.2. The topological polar surface area (TPSA) is 140 Å². The first-order chi connectivity index (χ1) is 15.8. The maximum absolute atomic E-state index is 12.2. The van der Waals surface area contributed by atoms with E-state index in [1.807, 2.05) is 0 Å². The molecule has 3 rings (SSSR count). The van der Waals surface area contributed by atoms with E-state index >= 15 is 0 Å². The molecular weight excluding hydrogens is 428 g/mol. The summed E-state index contributed by atoms with van der Waals surface area (Å²) < 4.78 is 5.22. The molecule has 0 unspecified atom stereocenters. The van der Waals surface area contributed by atoms with E-state index in [4.69, 9.17) is 4.74 Å². The predicted molar refractivity (Wildman–Crippen MR) is 120 cm³/mol. The zero-order chi connectivity index (χ0) is 23.8. The fraction of sp³-hybridized carbons (Fsp3) is 0.0435. The number of hydrogen-bond donors (Lipinski definition) is 2. The van der Waals surface area contributed by atoms with Crippen LogP contribution in [0.4, 0.5) is 11.4 Å². The first-order valence-corrected chi connectivity index (χ1v) is 9.59. The fourth-order valence-electron chi connectivity index (χ4n) is 2.67. The second-order valence-corrected chi connectivity index (χ2v) is 6.72. The number of nitrogens with one attached hydrogen (secondary N) is 2. The number of rotatable bonds is 7. The Bertz CT molecular complexity index is 1220. The highest BCUT2D eigenvalue weighted by Gasteiger charge is 2.13. The number of benzene rings is 3. The van der Waals surface area contributed by atoms with Gasteiger partial charge in [-0.2, -0.15) is 5.10 Å². The molecule has 0 aliphatic rings. The van der Waals surface area contributed by atoms with Crippen molar-refractivity contribution in [3.8, 4) is 5.75 Å². The molecule has 0 fully saturated rings. The van der Waals surface area contributed by atoms with Crippen LogP contribution in [0.3, 0.4) is 0 Å². The predicted octanol–water partition coefficient (Wildman–Crippen LogP) is 3.54. The van der Waals surface area contributed by atoms with Gasteiger partial charge in [-0.3, -0.25) is 19.7 Å². The molecule has 0 aliphatic carbocycles. The number of ether oxygens (including phenoxy) is 1. The summed E-state index contributed by atoms with van der Waals surface area (Å²) in [4.78, 5) is 45.6. The highest BCUT2D eigenvalue weighted by molar-refractivity contribution is 5.96. The highest BCUT2D eigenvalue weighted by Crippen LogP contribution is 2.17. The van der Waals surface area contributed by atoms with Crippen molar-refractivity contribution in [2.45, 2.75) is 6.92 Å². The van der Waals surface area contributed by atoms with Crippen molar-refractivity contribution in [3.05, 3.63) is 99.6 Å². The molecule has 0 bridgehead atoms. The molecule has 33 heavy (non-hydrogen) atoms. The Kier molecular flexibility index (Phi) is 7.22. The number of amides is 2. The lowest BCUT2D eigenvalue weighted by Crippen LogP contribution is -2.17. The zero-order valence-electron chi connectivity index (χ0n) is 17.3. The van der Waals surface area contributed by atoms with Gasteiger partial charge in [-0.25, -0.2) is 10.2 Å². The van der Waals surface area contributed by atoms with E-state index in [2.05, 4.69) is 15.8 Å². The molecule has 2 N–H and O–H groups in total. The average Bonchev–Trinajstić information content (AvgIpc) is 2.80. The Hall–Kier alpha value is -4.86. The molecule has 0 spiro atoms. The molecule has 0 heterocycles. The molecule has 0 saturated heterocycles. The van der Waals surface area contributed by atoms with Gasteiger partial charge in [0.25, 0.3) is 11.6 Å². The summed E-state index contributed by atoms with van der Waals surface area (Å²) in [5.74, 6) is -1.12. The molecule has 3 aromatic carbocycles. The Morgan fingerprint density at radius 3 is 2.30 bits per heavy atom. The molecule has 0 aliphatic heterocycles. The van der Waals surface area contributed by atoms with Gasteiger partial charge in [-0.15, -0.1) is 0 Å². The van der Waals surface area contributed by atoms with E-state index in [0.717, 1.165) is 6.07 Å². The third-order valence-electron chi connectivity index (χ3n) is 4.23. The Morgan fingerprint density at radius 1 is 0.970 bits per heavy atom. The van der Waals surface area contributed by atoms with Crippen LogP contribution in [0.15, 0.2) is 77.9 Å². The third-order valence-corrected chi connectivity index (χ3v) is 4.23. The molecule has 0 radical (unpaired) electrons. The van der Waals surface area contributed by atoms with Crippen molar-refractivity contribution in [2.75, 3.05) is 5.32 Å². The lowest BCUT2D eigenvalue weighted by molar-refractivity contribution is -0.384. The van der Waals surface area contributed by atoms with Crippen molar-refractivity contribution in [1.82, 2.24) is 5.43 Å². The van der Waals surface area contributed by atoms with Crippen molar-refractivity contribution >= 4 is 35.4 Å². The summed E-state index contributed by atoms with van der Waals surface area (Å²) in [7, 11) is 0. The van der Waals surface area contributed by atoms with Crippen molar-refractivity contribution < 1.29 is 24.0 Å². The molecule has 166 valence electrons. The number of esters is 1. The zero-order valence-corrected chi connectivity index (χ0v) is 17.3. The smallest absolute Gasteiger partial charge is 0.343 e. The normalized spacial score (nSPS) is 10.5. The van der Waals surface area contributed by atoms with Crippen LogP contribution < -0.4 is 15.5 Å². The second kappa shape index (κ2) is 10.4. The largest absolute Gasteiger partial charge is 0.423 e. The quantitative estimate of drug-likeness (QED) is 0.187.